The minimum atomic E-state index is -3.35. The number of carbonyl (C=O) groups excluding carboxylic acids is 1. The molecule has 150 valence electrons. The first kappa shape index (κ1) is 20.2. The predicted octanol–water partition coefficient (Wildman–Crippen LogP) is 1.80. The van der Waals surface area contributed by atoms with Crippen LogP contribution in [0.4, 0.5) is 5.95 Å². The van der Waals surface area contributed by atoms with Crippen LogP contribution in [-0.4, -0.2) is 55.0 Å². The van der Waals surface area contributed by atoms with Crippen molar-refractivity contribution >= 4 is 21.9 Å². The monoisotopic (exact) mass is 403 g/mol. The highest BCUT2D eigenvalue weighted by Crippen LogP contribution is 2.38. The molecule has 0 spiro atoms. The molecule has 0 bridgehead atoms. The smallest absolute Gasteiger partial charge is 0.248 e. The molecule has 1 aromatic carbocycles. The van der Waals surface area contributed by atoms with Gasteiger partial charge in [0.15, 0.2) is 0 Å². The molecule has 28 heavy (non-hydrogen) atoms. The number of amides is 1. The van der Waals surface area contributed by atoms with Crippen molar-refractivity contribution in [3.8, 4) is 11.1 Å². The lowest BCUT2D eigenvalue weighted by molar-refractivity contribution is 0.100. The van der Waals surface area contributed by atoms with Crippen molar-refractivity contribution in [3.05, 3.63) is 41.7 Å². The standard InChI is InChI=1S/C19H25N5O3S/c1-4-28(26,27)24-11-5-6-16(24)17-15(12-21-19(22-17)23(2)3)13-7-9-14(10-8-13)18(20)25/h7-10,12,16H,4-6,11H2,1-3H3,(H2,20,25)/t16-/m0/s1. The third kappa shape index (κ3) is 3.85. The molecule has 2 N–H and O–H groups in total. The molecule has 3 rings (SSSR count). The van der Waals surface area contributed by atoms with Crippen LogP contribution in [0, 0.1) is 0 Å². The highest BCUT2D eigenvalue weighted by atomic mass is 32.2. The Bertz CT molecular complexity index is 974. The Morgan fingerprint density at radius 1 is 1.29 bits per heavy atom. The van der Waals surface area contributed by atoms with Gasteiger partial charge in [-0.05, 0) is 37.5 Å². The number of primary amides is 1. The summed E-state index contributed by atoms with van der Waals surface area (Å²) in [7, 11) is 0.339. The Labute approximate surface area is 165 Å². The van der Waals surface area contributed by atoms with Crippen molar-refractivity contribution in [3.63, 3.8) is 0 Å². The fourth-order valence-electron chi connectivity index (χ4n) is 3.40. The molecule has 1 aliphatic heterocycles. The average molecular weight is 404 g/mol. The summed E-state index contributed by atoms with van der Waals surface area (Å²) in [6.45, 7) is 2.14. The lowest BCUT2D eigenvalue weighted by Crippen LogP contribution is -2.32. The molecule has 1 saturated heterocycles. The number of aromatic nitrogens is 2. The van der Waals surface area contributed by atoms with Crippen molar-refractivity contribution < 1.29 is 13.2 Å². The molecule has 0 unspecified atom stereocenters. The van der Waals surface area contributed by atoms with Gasteiger partial charge in [0.05, 0.1) is 17.5 Å². The molecule has 2 heterocycles. The molecule has 2 aromatic rings. The van der Waals surface area contributed by atoms with Crippen LogP contribution < -0.4 is 10.6 Å². The van der Waals surface area contributed by atoms with Crippen LogP contribution in [0.5, 0.6) is 0 Å². The van der Waals surface area contributed by atoms with Crippen molar-refractivity contribution in [2.45, 2.75) is 25.8 Å². The molecule has 8 nitrogen and oxygen atoms in total. The van der Waals surface area contributed by atoms with Gasteiger partial charge in [-0.15, -0.1) is 0 Å². The zero-order chi connectivity index (χ0) is 20.5. The summed E-state index contributed by atoms with van der Waals surface area (Å²) < 4.78 is 26.7. The van der Waals surface area contributed by atoms with Gasteiger partial charge in [-0.2, -0.15) is 4.31 Å². The van der Waals surface area contributed by atoms with Gasteiger partial charge in [-0.25, -0.2) is 18.4 Å². The Kier molecular flexibility index (Phi) is 5.66. The first-order valence-corrected chi connectivity index (χ1v) is 10.8. The summed E-state index contributed by atoms with van der Waals surface area (Å²) in [4.78, 5) is 22.2. The Hall–Kier alpha value is -2.52. The summed E-state index contributed by atoms with van der Waals surface area (Å²) in [6, 6.07) is 6.53. The van der Waals surface area contributed by atoms with E-state index in [0.717, 1.165) is 17.5 Å². The van der Waals surface area contributed by atoms with Gasteiger partial charge in [-0.1, -0.05) is 12.1 Å². The second-order valence-corrected chi connectivity index (χ2v) is 9.18. The van der Waals surface area contributed by atoms with Gasteiger partial charge in [0.2, 0.25) is 21.9 Å². The first-order chi connectivity index (χ1) is 13.2. The zero-order valence-electron chi connectivity index (χ0n) is 16.3. The maximum absolute atomic E-state index is 12.6. The van der Waals surface area contributed by atoms with Crippen LogP contribution in [-0.2, 0) is 10.0 Å². The number of hydrogen-bond acceptors (Lipinski definition) is 6. The second-order valence-electron chi connectivity index (χ2n) is 6.97. The number of benzene rings is 1. The van der Waals surface area contributed by atoms with Crippen LogP contribution in [0.3, 0.4) is 0 Å². The van der Waals surface area contributed by atoms with E-state index in [2.05, 4.69) is 4.98 Å². The Balaban J connectivity index is 2.12. The van der Waals surface area contributed by atoms with Gasteiger partial charge >= 0.3 is 0 Å². The van der Waals surface area contributed by atoms with Gasteiger partial charge in [0.25, 0.3) is 0 Å². The molecule has 1 amide bonds. The van der Waals surface area contributed by atoms with Crippen molar-refractivity contribution in [2.75, 3.05) is 31.3 Å². The maximum Gasteiger partial charge on any atom is 0.248 e. The first-order valence-electron chi connectivity index (χ1n) is 9.18. The van der Waals surface area contributed by atoms with Crippen molar-refractivity contribution in [1.29, 1.82) is 0 Å². The summed E-state index contributed by atoms with van der Waals surface area (Å²) in [5, 5.41) is 0. The van der Waals surface area contributed by atoms with E-state index in [1.54, 1.807) is 46.6 Å². The van der Waals surface area contributed by atoms with Crippen molar-refractivity contribution in [1.82, 2.24) is 14.3 Å². The zero-order valence-corrected chi connectivity index (χ0v) is 17.1. The largest absolute Gasteiger partial charge is 0.366 e. The normalized spacial score (nSPS) is 17.6. The van der Waals surface area contributed by atoms with Crippen LogP contribution in [0.25, 0.3) is 11.1 Å². The molecule has 1 atom stereocenters. The Morgan fingerprint density at radius 3 is 2.54 bits per heavy atom. The molecule has 1 aliphatic rings. The van der Waals surface area contributed by atoms with E-state index in [-0.39, 0.29) is 11.8 Å². The number of carbonyl (C=O) groups is 1. The fourth-order valence-corrected chi connectivity index (χ4v) is 4.74. The summed E-state index contributed by atoms with van der Waals surface area (Å²) in [5.74, 6) is 0.0767. The quantitative estimate of drug-likeness (QED) is 0.787. The van der Waals surface area contributed by atoms with E-state index >= 15 is 0 Å². The predicted molar refractivity (Wildman–Crippen MR) is 108 cm³/mol. The number of rotatable bonds is 6. The van der Waals surface area contributed by atoms with Gasteiger partial charge in [-0.3, -0.25) is 4.79 Å². The highest BCUT2D eigenvalue weighted by Gasteiger charge is 2.36. The average Bonchev–Trinajstić information content (AvgIpc) is 3.18. The van der Waals surface area contributed by atoms with Gasteiger partial charge in [0, 0.05) is 38.0 Å². The molecule has 0 saturated carbocycles. The van der Waals surface area contributed by atoms with E-state index < -0.39 is 15.9 Å². The van der Waals surface area contributed by atoms with Crippen LogP contribution in [0.2, 0.25) is 0 Å². The lowest BCUT2D eigenvalue weighted by Gasteiger charge is -2.25. The lowest BCUT2D eigenvalue weighted by atomic mass is 9.99. The van der Waals surface area contributed by atoms with Gasteiger partial charge < -0.3 is 10.6 Å². The maximum atomic E-state index is 12.6. The topological polar surface area (TPSA) is 109 Å². The molecular formula is C19H25N5O3S. The minimum absolute atomic E-state index is 0.0533. The Morgan fingerprint density at radius 2 is 1.96 bits per heavy atom. The third-order valence-electron chi connectivity index (χ3n) is 4.93. The number of nitrogens with zero attached hydrogens (tertiary/aromatic N) is 4. The molecule has 1 fully saturated rings. The van der Waals surface area contributed by atoms with E-state index in [9.17, 15) is 13.2 Å². The number of anilines is 1. The number of sulfonamides is 1. The number of hydrogen-bond donors (Lipinski definition) is 1. The van der Waals surface area contributed by atoms with Gasteiger partial charge in [0.1, 0.15) is 0 Å². The number of nitrogens with two attached hydrogens (primary N) is 1. The molecule has 0 aliphatic carbocycles. The highest BCUT2D eigenvalue weighted by molar-refractivity contribution is 7.89. The van der Waals surface area contributed by atoms with Crippen molar-refractivity contribution in [2.24, 2.45) is 5.73 Å². The fraction of sp³-hybridized carbons (Fsp3) is 0.421. The summed E-state index contributed by atoms with van der Waals surface area (Å²) in [6.07, 6.45) is 3.20. The summed E-state index contributed by atoms with van der Waals surface area (Å²) >= 11 is 0. The van der Waals surface area contributed by atoms with E-state index in [1.165, 1.54) is 0 Å². The summed E-state index contributed by atoms with van der Waals surface area (Å²) in [5.41, 5.74) is 7.98. The minimum Gasteiger partial charge on any atom is -0.366 e. The van der Waals surface area contributed by atoms with E-state index in [1.807, 2.05) is 14.1 Å². The van der Waals surface area contributed by atoms with E-state index in [0.29, 0.717) is 30.2 Å². The van der Waals surface area contributed by atoms with Crippen LogP contribution in [0.15, 0.2) is 30.5 Å². The van der Waals surface area contributed by atoms with E-state index in [4.69, 9.17) is 10.7 Å². The molecule has 1 aromatic heterocycles. The van der Waals surface area contributed by atoms with Crippen LogP contribution in [0.1, 0.15) is 41.9 Å². The third-order valence-corrected chi connectivity index (χ3v) is 6.81. The van der Waals surface area contributed by atoms with Crippen LogP contribution >= 0.6 is 0 Å². The second kappa shape index (κ2) is 7.84. The SMILES string of the molecule is CCS(=O)(=O)N1CCC[C@H]1c1nc(N(C)C)ncc1-c1ccc(C(N)=O)cc1. The molecule has 0 radical (unpaired) electrons. The molecular weight excluding hydrogens is 378 g/mol. The molecule has 9 heteroatoms.